The second kappa shape index (κ2) is 3.64. The number of hydrogen-bond donors (Lipinski definition) is 0. The molecule has 0 aromatic heterocycles. The lowest BCUT2D eigenvalue weighted by Gasteiger charge is -2.26. The van der Waals surface area contributed by atoms with E-state index in [4.69, 9.17) is 0 Å². The van der Waals surface area contributed by atoms with Crippen LogP contribution in [0, 0.1) is 0 Å². The van der Waals surface area contributed by atoms with E-state index in [0.717, 1.165) is 0 Å². The summed E-state index contributed by atoms with van der Waals surface area (Å²) < 4.78 is 0. The van der Waals surface area contributed by atoms with Crippen LogP contribution < -0.4 is 0 Å². The van der Waals surface area contributed by atoms with Gasteiger partial charge in [-0.2, -0.15) is 0 Å². The molecular formula is C7H16N2. The summed E-state index contributed by atoms with van der Waals surface area (Å²) in [6.45, 7) is 3.72. The highest BCUT2D eigenvalue weighted by molar-refractivity contribution is 4.82. The summed E-state index contributed by atoms with van der Waals surface area (Å²) in [6, 6.07) is 0. The van der Waals surface area contributed by atoms with Crippen molar-refractivity contribution < 1.29 is 0 Å². The molecular weight excluding hydrogens is 112 g/mol. The summed E-state index contributed by atoms with van der Waals surface area (Å²) in [5, 5.41) is 0. The van der Waals surface area contributed by atoms with Crippen LogP contribution >= 0.6 is 0 Å². The van der Waals surface area contributed by atoms with Crippen molar-refractivity contribution in [1.82, 2.24) is 9.80 Å². The van der Waals surface area contributed by atoms with Gasteiger partial charge in [-0.1, -0.05) is 6.08 Å². The second-order valence-electron chi connectivity index (χ2n) is 2.58. The average molecular weight is 128 g/mol. The van der Waals surface area contributed by atoms with E-state index in [2.05, 4.69) is 16.4 Å². The van der Waals surface area contributed by atoms with Crippen molar-refractivity contribution in [3.8, 4) is 0 Å². The number of rotatable bonds is 3. The van der Waals surface area contributed by atoms with Crippen LogP contribution in [0.1, 0.15) is 0 Å². The quantitative estimate of drug-likeness (QED) is 0.406. The number of hydrogen-bond acceptors (Lipinski definition) is 2. The highest BCUT2D eigenvalue weighted by Crippen LogP contribution is 1.95. The van der Waals surface area contributed by atoms with E-state index in [1.807, 2.05) is 34.3 Å². The zero-order valence-electron chi connectivity index (χ0n) is 6.76. The van der Waals surface area contributed by atoms with E-state index in [0.29, 0.717) is 6.17 Å². The molecule has 2 heteroatoms. The van der Waals surface area contributed by atoms with Crippen molar-refractivity contribution in [3.05, 3.63) is 12.7 Å². The molecule has 0 N–H and O–H groups in total. The summed E-state index contributed by atoms with van der Waals surface area (Å²) >= 11 is 0. The minimum atomic E-state index is 0.352. The molecule has 0 unspecified atom stereocenters. The van der Waals surface area contributed by atoms with Gasteiger partial charge in [-0.15, -0.1) is 6.58 Å². The van der Waals surface area contributed by atoms with Gasteiger partial charge in [-0.05, 0) is 28.2 Å². The van der Waals surface area contributed by atoms with Gasteiger partial charge in [0.2, 0.25) is 0 Å². The van der Waals surface area contributed by atoms with E-state index in [1.54, 1.807) is 0 Å². The van der Waals surface area contributed by atoms with Crippen LogP contribution in [0.4, 0.5) is 0 Å². The van der Waals surface area contributed by atoms with E-state index in [-0.39, 0.29) is 0 Å². The first kappa shape index (κ1) is 8.66. The van der Waals surface area contributed by atoms with Crippen LogP contribution in [0.15, 0.2) is 12.7 Å². The van der Waals surface area contributed by atoms with Gasteiger partial charge in [-0.25, -0.2) is 0 Å². The minimum Gasteiger partial charge on any atom is -0.291 e. The van der Waals surface area contributed by atoms with Crippen LogP contribution in [0.5, 0.6) is 0 Å². The second-order valence-corrected chi connectivity index (χ2v) is 2.58. The van der Waals surface area contributed by atoms with E-state index in [1.165, 1.54) is 0 Å². The van der Waals surface area contributed by atoms with Gasteiger partial charge in [0.1, 0.15) is 0 Å². The first-order valence-electron chi connectivity index (χ1n) is 3.05. The lowest BCUT2D eigenvalue weighted by atomic mass is 10.4. The van der Waals surface area contributed by atoms with Crippen LogP contribution in [-0.4, -0.2) is 44.2 Å². The molecule has 54 valence electrons. The van der Waals surface area contributed by atoms with Crippen LogP contribution in [0.2, 0.25) is 0 Å². The molecule has 0 heterocycles. The molecule has 0 rings (SSSR count). The van der Waals surface area contributed by atoms with Gasteiger partial charge < -0.3 is 0 Å². The molecule has 0 saturated heterocycles. The summed E-state index contributed by atoms with van der Waals surface area (Å²) in [7, 11) is 8.14. The molecule has 0 aliphatic rings. The van der Waals surface area contributed by atoms with Crippen LogP contribution in [0.25, 0.3) is 0 Å². The van der Waals surface area contributed by atoms with E-state index < -0.39 is 0 Å². The van der Waals surface area contributed by atoms with Crippen LogP contribution in [-0.2, 0) is 0 Å². The molecule has 0 amide bonds. The maximum absolute atomic E-state index is 3.72. The van der Waals surface area contributed by atoms with Gasteiger partial charge >= 0.3 is 0 Å². The fourth-order valence-corrected chi connectivity index (χ4v) is 0.884. The standard InChI is InChI=1S/C7H16N2/c1-6-7(8(2)3)9(4)5/h6-7H,1H2,2-5H3. The fraction of sp³-hybridized carbons (Fsp3) is 0.714. The summed E-state index contributed by atoms with van der Waals surface area (Å²) in [5.74, 6) is 0. The summed E-state index contributed by atoms with van der Waals surface area (Å²) in [6.07, 6.45) is 2.27. The van der Waals surface area contributed by atoms with E-state index >= 15 is 0 Å². The predicted octanol–water partition coefficient (Wildman–Crippen LogP) is 0.622. The summed E-state index contributed by atoms with van der Waals surface area (Å²) in [4.78, 5) is 4.21. The molecule has 0 fully saturated rings. The average Bonchev–Trinajstić information content (AvgIpc) is 1.64. The monoisotopic (exact) mass is 128 g/mol. The topological polar surface area (TPSA) is 6.48 Å². The molecule has 0 atom stereocenters. The van der Waals surface area contributed by atoms with Crippen molar-refractivity contribution in [2.75, 3.05) is 28.2 Å². The fourth-order valence-electron chi connectivity index (χ4n) is 0.884. The van der Waals surface area contributed by atoms with Crippen molar-refractivity contribution in [2.24, 2.45) is 0 Å². The molecule has 9 heavy (non-hydrogen) atoms. The van der Waals surface area contributed by atoms with Gasteiger partial charge in [0, 0.05) is 0 Å². The third kappa shape index (κ3) is 2.63. The third-order valence-electron chi connectivity index (χ3n) is 1.27. The Hall–Kier alpha value is -0.340. The first-order chi connectivity index (χ1) is 4.09. The summed E-state index contributed by atoms with van der Waals surface area (Å²) in [5.41, 5.74) is 0. The van der Waals surface area contributed by atoms with Crippen molar-refractivity contribution in [2.45, 2.75) is 6.17 Å². The molecule has 0 aromatic carbocycles. The Morgan fingerprint density at radius 3 is 1.44 bits per heavy atom. The smallest absolute Gasteiger partial charge is 0.0802 e. The molecule has 2 nitrogen and oxygen atoms in total. The van der Waals surface area contributed by atoms with E-state index in [9.17, 15) is 0 Å². The highest BCUT2D eigenvalue weighted by atomic mass is 15.3. The van der Waals surface area contributed by atoms with Gasteiger partial charge in [0.05, 0.1) is 6.17 Å². The molecule has 0 radical (unpaired) electrons. The Bertz CT molecular complexity index is 78.9. The third-order valence-corrected chi connectivity index (χ3v) is 1.27. The zero-order chi connectivity index (χ0) is 7.44. The Labute approximate surface area is 57.8 Å². The minimum absolute atomic E-state index is 0.352. The van der Waals surface area contributed by atoms with Crippen molar-refractivity contribution in [1.29, 1.82) is 0 Å². The molecule has 0 aliphatic heterocycles. The van der Waals surface area contributed by atoms with Crippen molar-refractivity contribution >= 4 is 0 Å². The SMILES string of the molecule is C=CC(N(C)C)N(C)C. The van der Waals surface area contributed by atoms with Gasteiger partial charge in [0.15, 0.2) is 0 Å². The highest BCUT2D eigenvalue weighted by Gasteiger charge is 2.06. The Morgan fingerprint density at radius 1 is 1.11 bits per heavy atom. The van der Waals surface area contributed by atoms with Gasteiger partial charge in [0.25, 0.3) is 0 Å². The maximum Gasteiger partial charge on any atom is 0.0802 e. The Balaban J connectivity index is 3.82. The number of nitrogens with zero attached hydrogens (tertiary/aromatic N) is 2. The molecule has 0 aliphatic carbocycles. The molecule has 0 saturated carbocycles. The molecule has 0 bridgehead atoms. The maximum atomic E-state index is 3.72. The van der Waals surface area contributed by atoms with Crippen LogP contribution in [0.3, 0.4) is 0 Å². The normalized spacial score (nSPS) is 11.4. The van der Waals surface area contributed by atoms with Crippen molar-refractivity contribution in [3.63, 3.8) is 0 Å². The lowest BCUT2D eigenvalue weighted by molar-refractivity contribution is 0.174. The lowest BCUT2D eigenvalue weighted by Crippen LogP contribution is -2.38. The number of likely N-dealkylation sites (N-methyl/N-ethyl adjacent to an activating group) is 2. The molecule has 0 spiro atoms. The van der Waals surface area contributed by atoms with Gasteiger partial charge in [-0.3, -0.25) is 9.80 Å². The predicted molar refractivity (Wildman–Crippen MR) is 41.4 cm³/mol. The Kier molecular flexibility index (Phi) is 3.50. The zero-order valence-corrected chi connectivity index (χ0v) is 6.76. The molecule has 0 aromatic rings. The Morgan fingerprint density at radius 2 is 1.44 bits per heavy atom. The largest absolute Gasteiger partial charge is 0.291 e. The first-order valence-corrected chi connectivity index (χ1v) is 3.05.